The smallest absolute Gasteiger partial charge is 0.0371 e. The quantitative estimate of drug-likeness (QED) is 0.556. The summed E-state index contributed by atoms with van der Waals surface area (Å²) in [5, 5.41) is 3.31. The molecule has 0 spiro atoms. The molecule has 0 unspecified atom stereocenters. The molecule has 0 aromatic carbocycles. The van der Waals surface area contributed by atoms with E-state index in [0.29, 0.717) is 0 Å². The monoisotopic (exact) mass is 194 g/mol. The molecule has 0 aliphatic carbocycles. The first-order valence-corrected chi connectivity index (χ1v) is 5.41. The lowest BCUT2D eigenvalue weighted by Gasteiger charge is -2.04. The van der Waals surface area contributed by atoms with Gasteiger partial charge in [0.15, 0.2) is 0 Å². The number of nitrogens with zero attached hydrogens (tertiary/aromatic N) is 1. The van der Waals surface area contributed by atoms with E-state index in [0.717, 1.165) is 23.7 Å². The van der Waals surface area contributed by atoms with Gasteiger partial charge in [-0.1, -0.05) is 6.08 Å². The number of nitrogens with one attached hydrogen (secondary N) is 1. The zero-order valence-electron chi connectivity index (χ0n) is 7.57. The molecule has 70 valence electrons. The molecule has 13 heavy (non-hydrogen) atoms. The van der Waals surface area contributed by atoms with E-state index >= 15 is 0 Å². The first kappa shape index (κ1) is 10.1. The lowest BCUT2D eigenvalue weighted by Crippen LogP contribution is -2.03. The molecule has 0 amide bonds. The van der Waals surface area contributed by atoms with E-state index in [1.807, 2.05) is 30.0 Å². The highest BCUT2D eigenvalue weighted by molar-refractivity contribution is 7.99. The van der Waals surface area contributed by atoms with Crippen molar-refractivity contribution in [2.75, 3.05) is 23.4 Å². The Morgan fingerprint density at radius 2 is 2.23 bits per heavy atom. The van der Waals surface area contributed by atoms with Crippen molar-refractivity contribution in [2.24, 2.45) is 0 Å². The van der Waals surface area contributed by atoms with Gasteiger partial charge in [-0.2, -0.15) is 11.8 Å². The third-order valence-electron chi connectivity index (χ3n) is 1.49. The molecular formula is C10H14N2S. The summed E-state index contributed by atoms with van der Waals surface area (Å²) in [6.45, 7) is 4.66. The summed E-state index contributed by atoms with van der Waals surface area (Å²) in [4.78, 5) is 3.94. The Labute approximate surface area is 83.5 Å². The molecule has 1 aromatic rings. The van der Waals surface area contributed by atoms with Crippen molar-refractivity contribution in [2.45, 2.75) is 0 Å². The highest BCUT2D eigenvalue weighted by atomic mass is 32.2. The van der Waals surface area contributed by atoms with Crippen LogP contribution >= 0.6 is 11.8 Å². The molecule has 0 fully saturated rings. The van der Waals surface area contributed by atoms with E-state index in [4.69, 9.17) is 0 Å². The summed E-state index contributed by atoms with van der Waals surface area (Å²) in [5.74, 6) is 2.13. The summed E-state index contributed by atoms with van der Waals surface area (Å²) in [6, 6.07) is 3.94. The molecule has 0 bridgehead atoms. The molecule has 1 aromatic heterocycles. The molecule has 3 heteroatoms. The summed E-state index contributed by atoms with van der Waals surface area (Å²) < 4.78 is 0. The average Bonchev–Trinajstić information content (AvgIpc) is 2.19. The van der Waals surface area contributed by atoms with E-state index < -0.39 is 0 Å². The molecule has 1 N–H and O–H groups in total. The fourth-order valence-electron chi connectivity index (χ4n) is 0.904. The molecule has 0 atom stereocenters. The van der Waals surface area contributed by atoms with Crippen molar-refractivity contribution >= 4 is 17.4 Å². The van der Waals surface area contributed by atoms with Gasteiger partial charge < -0.3 is 5.32 Å². The molecule has 1 rings (SSSR count). The van der Waals surface area contributed by atoms with Crippen LogP contribution in [-0.4, -0.2) is 23.0 Å². The SMILES string of the molecule is C=CCSCCNc1ccncc1. The second kappa shape index (κ2) is 6.54. The molecular weight excluding hydrogens is 180 g/mol. The van der Waals surface area contributed by atoms with Crippen LogP contribution in [0.2, 0.25) is 0 Å². The average molecular weight is 194 g/mol. The maximum absolute atomic E-state index is 3.94. The van der Waals surface area contributed by atoms with Crippen molar-refractivity contribution in [1.29, 1.82) is 0 Å². The maximum Gasteiger partial charge on any atom is 0.0371 e. The Hall–Kier alpha value is -0.960. The van der Waals surface area contributed by atoms with Crippen LogP contribution in [0.1, 0.15) is 0 Å². The summed E-state index contributed by atoms with van der Waals surface area (Å²) in [5.41, 5.74) is 1.13. The van der Waals surface area contributed by atoms with Crippen LogP contribution in [0.4, 0.5) is 5.69 Å². The second-order valence-corrected chi connectivity index (χ2v) is 3.68. The minimum absolute atomic E-state index is 0.989. The van der Waals surface area contributed by atoms with Gasteiger partial charge in [-0.3, -0.25) is 4.98 Å². The van der Waals surface area contributed by atoms with Crippen LogP contribution in [0, 0.1) is 0 Å². The van der Waals surface area contributed by atoms with Gasteiger partial charge in [0, 0.05) is 36.1 Å². The van der Waals surface area contributed by atoms with Crippen LogP contribution in [0.15, 0.2) is 37.2 Å². The van der Waals surface area contributed by atoms with Crippen LogP contribution in [0.3, 0.4) is 0 Å². The molecule has 0 saturated heterocycles. The molecule has 2 nitrogen and oxygen atoms in total. The topological polar surface area (TPSA) is 24.9 Å². The zero-order chi connectivity index (χ0) is 9.36. The van der Waals surface area contributed by atoms with Gasteiger partial charge >= 0.3 is 0 Å². The van der Waals surface area contributed by atoms with Crippen molar-refractivity contribution < 1.29 is 0 Å². The Morgan fingerprint density at radius 1 is 1.46 bits per heavy atom. The van der Waals surface area contributed by atoms with Gasteiger partial charge in [-0.25, -0.2) is 0 Å². The summed E-state index contributed by atoms with van der Waals surface area (Å²) in [6.07, 6.45) is 5.51. The predicted molar refractivity (Wildman–Crippen MR) is 60.2 cm³/mol. The number of thioether (sulfide) groups is 1. The van der Waals surface area contributed by atoms with Gasteiger partial charge in [0.25, 0.3) is 0 Å². The first-order chi connectivity index (χ1) is 6.43. The fourth-order valence-corrected chi connectivity index (χ4v) is 1.48. The van der Waals surface area contributed by atoms with Gasteiger partial charge in [-0.15, -0.1) is 6.58 Å². The molecule has 0 aliphatic rings. The molecule has 1 heterocycles. The molecule has 0 aliphatic heterocycles. The Kier molecular flexibility index (Phi) is 5.10. The highest BCUT2D eigenvalue weighted by Crippen LogP contribution is 2.04. The van der Waals surface area contributed by atoms with Crippen molar-refractivity contribution in [3.63, 3.8) is 0 Å². The van der Waals surface area contributed by atoms with E-state index in [1.54, 1.807) is 12.4 Å². The van der Waals surface area contributed by atoms with Crippen LogP contribution < -0.4 is 5.32 Å². The summed E-state index contributed by atoms with van der Waals surface area (Å²) in [7, 11) is 0. The Bertz CT molecular complexity index is 236. The van der Waals surface area contributed by atoms with Crippen LogP contribution in [0.25, 0.3) is 0 Å². The zero-order valence-corrected chi connectivity index (χ0v) is 8.39. The first-order valence-electron chi connectivity index (χ1n) is 4.26. The Morgan fingerprint density at radius 3 is 2.92 bits per heavy atom. The van der Waals surface area contributed by atoms with Gasteiger partial charge in [0.2, 0.25) is 0 Å². The van der Waals surface area contributed by atoms with E-state index in [2.05, 4.69) is 16.9 Å². The number of anilines is 1. The van der Waals surface area contributed by atoms with Crippen LogP contribution in [-0.2, 0) is 0 Å². The van der Waals surface area contributed by atoms with Crippen molar-refractivity contribution in [3.05, 3.63) is 37.2 Å². The van der Waals surface area contributed by atoms with E-state index in [1.165, 1.54) is 0 Å². The van der Waals surface area contributed by atoms with Gasteiger partial charge in [0.05, 0.1) is 0 Å². The van der Waals surface area contributed by atoms with E-state index in [-0.39, 0.29) is 0 Å². The van der Waals surface area contributed by atoms with Crippen LogP contribution in [0.5, 0.6) is 0 Å². The molecule has 0 radical (unpaired) electrons. The van der Waals surface area contributed by atoms with Gasteiger partial charge in [0.1, 0.15) is 0 Å². The van der Waals surface area contributed by atoms with Crippen molar-refractivity contribution in [3.8, 4) is 0 Å². The minimum Gasteiger partial charge on any atom is -0.384 e. The third-order valence-corrected chi connectivity index (χ3v) is 2.46. The Balaban J connectivity index is 2.10. The number of rotatable bonds is 6. The lowest BCUT2D eigenvalue weighted by atomic mass is 10.4. The van der Waals surface area contributed by atoms with Crippen molar-refractivity contribution in [1.82, 2.24) is 4.98 Å². The fraction of sp³-hybridized carbons (Fsp3) is 0.300. The maximum atomic E-state index is 3.94. The third kappa shape index (κ3) is 4.58. The summed E-state index contributed by atoms with van der Waals surface area (Å²) >= 11 is 1.88. The number of aromatic nitrogens is 1. The second-order valence-electron chi connectivity index (χ2n) is 2.53. The highest BCUT2D eigenvalue weighted by Gasteiger charge is 1.88. The van der Waals surface area contributed by atoms with Gasteiger partial charge in [-0.05, 0) is 12.1 Å². The number of pyridine rings is 1. The van der Waals surface area contributed by atoms with E-state index in [9.17, 15) is 0 Å². The predicted octanol–water partition coefficient (Wildman–Crippen LogP) is 2.41. The molecule has 0 saturated carbocycles. The number of hydrogen-bond acceptors (Lipinski definition) is 3. The largest absolute Gasteiger partial charge is 0.384 e. The lowest BCUT2D eigenvalue weighted by molar-refractivity contribution is 1.21. The standard InChI is InChI=1S/C10H14N2S/c1-2-8-13-9-7-12-10-3-5-11-6-4-10/h2-6H,1,7-9H2,(H,11,12). The number of hydrogen-bond donors (Lipinski definition) is 1. The minimum atomic E-state index is 0.989. The normalized spacial score (nSPS) is 9.54.